The lowest BCUT2D eigenvalue weighted by atomic mass is 10.1. The highest BCUT2D eigenvalue weighted by Crippen LogP contribution is 2.23. The summed E-state index contributed by atoms with van der Waals surface area (Å²) in [5, 5.41) is 0. The van der Waals surface area contributed by atoms with Crippen LogP contribution in [0, 0.1) is 13.8 Å². The second-order valence-corrected chi connectivity index (χ2v) is 12.2. The Bertz CT molecular complexity index is 1600. The van der Waals surface area contributed by atoms with Gasteiger partial charge in [0, 0.05) is 31.7 Å². The van der Waals surface area contributed by atoms with E-state index < -0.39 is 28.0 Å². The highest BCUT2D eigenvalue weighted by molar-refractivity contribution is 7.89. The van der Waals surface area contributed by atoms with Crippen molar-refractivity contribution in [3.8, 4) is 0 Å². The molecule has 214 valence electrons. The third-order valence-corrected chi connectivity index (χ3v) is 9.55. The molecule has 0 atom stereocenters. The molecule has 11 nitrogen and oxygen atoms in total. The zero-order chi connectivity index (χ0) is 29.0. The van der Waals surface area contributed by atoms with Crippen molar-refractivity contribution in [3.05, 3.63) is 57.9 Å². The first-order valence-corrected chi connectivity index (χ1v) is 15.2. The molecule has 1 aromatic heterocycles. The van der Waals surface area contributed by atoms with E-state index in [1.807, 2.05) is 26.0 Å². The minimum atomic E-state index is -3.82. The molecule has 0 bridgehead atoms. The normalized spacial score (nSPS) is 14.9. The van der Waals surface area contributed by atoms with Gasteiger partial charge in [-0.1, -0.05) is 11.3 Å². The van der Waals surface area contributed by atoms with Crippen LogP contribution in [0.2, 0.25) is 0 Å². The number of aryl methyl sites for hydroxylation is 2. The summed E-state index contributed by atoms with van der Waals surface area (Å²) in [5.41, 5.74) is 3.10. The Balaban J connectivity index is 1.57. The van der Waals surface area contributed by atoms with Crippen LogP contribution in [0.4, 0.5) is 4.79 Å². The van der Waals surface area contributed by atoms with Gasteiger partial charge >= 0.3 is 12.1 Å². The number of piperazine rings is 1. The number of ether oxygens (including phenoxy) is 2. The monoisotopic (exact) mass is 588 g/mol. The predicted molar refractivity (Wildman–Crippen MR) is 150 cm³/mol. The Labute approximate surface area is 236 Å². The average molecular weight is 589 g/mol. The first-order valence-electron chi connectivity index (χ1n) is 12.9. The van der Waals surface area contributed by atoms with E-state index in [1.165, 1.54) is 44.8 Å². The van der Waals surface area contributed by atoms with Crippen molar-refractivity contribution in [2.24, 2.45) is 4.99 Å². The van der Waals surface area contributed by atoms with Gasteiger partial charge in [0.2, 0.25) is 10.0 Å². The third kappa shape index (κ3) is 6.26. The number of benzene rings is 2. The lowest BCUT2D eigenvalue weighted by Gasteiger charge is -2.33. The number of aromatic nitrogens is 1. The number of carbonyl (C=O) groups excluding carboxylic acids is 3. The Morgan fingerprint density at radius 2 is 1.55 bits per heavy atom. The zero-order valence-corrected chi connectivity index (χ0v) is 24.5. The molecule has 0 radical (unpaired) electrons. The van der Waals surface area contributed by atoms with E-state index >= 15 is 0 Å². The molecule has 0 saturated carbocycles. The van der Waals surface area contributed by atoms with E-state index in [2.05, 4.69) is 4.99 Å². The van der Waals surface area contributed by atoms with Gasteiger partial charge in [0.15, 0.2) is 4.80 Å². The summed E-state index contributed by atoms with van der Waals surface area (Å²) in [7, 11) is -3.82. The van der Waals surface area contributed by atoms with Gasteiger partial charge in [0.25, 0.3) is 5.91 Å². The van der Waals surface area contributed by atoms with Crippen LogP contribution in [0.25, 0.3) is 10.2 Å². The van der Waals surface area contributed by atoms with Crippen LogP contribution < -0.4 is 4.80 Å². The van der Waals surface area contributed by atoms with Gasteiger partial charge < -0.3 is 18.9 Å². The minimum Gasteiger partial charge on any atom is -0.465 e. The lowest BCUT2D eigenvalue weighted by molar-refractivity contribution is -0.143. The van der Waals surface area contributed by atoms with Crippen molar-refractivity contribution in [3.63, 3.8) is 0 Å². The fourth-order valence-electron chi connectivity index (χ4n) is 4.29. The number of thiazole rings is 1. The predicted octanol–water partition coefficient (Wildman–Crippen LogP) is 3.09. The van der Waals surface area contributed by atoms with Crippen LogP contribution in [-0.4, -0.2) is 79.6 Å². The summed E-state index contributed by atoms with van der Waals surface area (Å²) in [6.45, 7) is 8.54. The van der Waals surface area contributed by atoms with Crippen LogP contribution >= 0.6 is 11.3 Å². The number of hydrogen-bond acceptors (Lipinski definition) is 8. The molecule has 2 heterocycles. The Kier molecular flexibility index (Phi) is 9.06. The van der Waals surface area contributed by atoms with Crippen molar-refractivity contribution < 1.29 is 32.3 Å². The maximum absolute atomic E-state index is 13.2. The number of amides is 2. The van der Waals surface area contributed by atoms with E-state index in [9.17, 15) is 22.8 Å². The molecule has 3 aromatic rings. The summed E-state index contributed by atoms with van der Waals surface area (Å²) in [6, 6.07) is 9.54. The number of esters is 1. The second-order valence-electron chi connectivity index (χ2n) is 9.21. The fraction of sp³-hybridized carbons (Fsp3) is 0.407. The van der Waals surface area contributed by atoms with Crippen molar-refractivity contribution in [1.29, 1.82) is 0 Å². The van der Waals surface area contributed by atoms with Gasteiger partial charge in [-0.05, 0) is 75.2 Å². The van der Waals surface area contributed by atoms with Gasteiger partial charge in [-0.15, -0.1) is 0 Å². The topological polar surface area (TPSA) is 128 Å². The average Bonchev–Trinajstić information content (AvgIpc) is 3.24. The number of hydrogen-bond donors (Lipinski definition) is 0. The number of sulfonamides is 1. The van der Waals surface area contributed by atoms with Crippen molar-refractivity contribution >= 4 is 49.5 Å². The van der Waals surface area contributed by atoms with Crippen LogP contribution in [0.15, 0.2) is 46.3 Å². The smallest absolute Gasteiger partial charge is 0.409 e. The van der Waals surface area contributed by atoms with E-state index in [0.717, 1.165) is 21.3 Å². The van der Waals surface area contributed by atoms with Gasteiger partial charge in [0.1, 0.15) is 6.54 Å². The Morgan fingerprint density at radius 3 is 2.17 bits per heavy atom. The SMILES string of the molecule is CCOC(=O)Cn1c(=NC(=O)c2ccc(S(=O)(=O)N3CCN(C(=O)OCC)CC3)cc2)sc2cc(C)c(C)cc21. The van der Waals surface area contributed by atoms with Gasteiger partial charge in [-0.3, -0.25) is 9.59 Å². The molecule has 0 unspecified atom stereocenters. The molecule has 0 spiro atoms. The van der Waals surface area contributed by atoms with Crippen LogP contribution in [0.5, 0.6) is 0 Å². The number of nitrogens with zero attached hydrogens (tertiary/aromatic N) is 4. The number of fused-ring (bicyclic) bond motifs is 1. The standard InChI is InChI=1S/C27H32N4O7S2/c1-5-37-24(32)17-31-22-15-18(3)19(4)16-23(22)39-26(31)28-25(33)20-7-9-21(10-8-20)40(35,36)30-13-11-29(12-14-30)27(34)38-6-2/h7-10,15-16H,5-6,11-14,17H2,1-4H3. The van der Waals surface area contributed by atoms with E-state index in [4.69, 9.17) is 9.47 Å². The molecule has 13 heteroatoms. The quantitative estimate of drug-likeness (QED) is 0.388. The lowest BCUT2D eigenvalue weighted by Crippen LogP contribution is -2.50. The summed E-state index contributed by atoms with van der Waals surface area (Å²) in [6.07, 6.45) is -0.460. The van der Waals surface area contributed by atoms with Crippen molar-refractivity contribution in [2.45, 2.75) is 39.1 Å². The number of carbonyl (C=O) groups is 3. The maximum Gasteiger partial charge on any atom is 0.409 e. The molecule has 0 aliphatic carbocycles. The van der Waals surface area contributed by atoms with Crippen molar-refractivity contribution in [1.82, 2.24) is 13.8 Å². The third-order valence-electron chi connectivity index (χ3n) is 6.59. The first-order chi connectivity index (χ1) is 19.0. The molecular weight excluding hydrogens is 556 g/mol. The van der Waals surface area contributed by atoms with E-state index in [0.29, 0.717) is 4.80 Å². The Morgan fingerprint density at radius 1 is 0.925 bits per heavy atom. The number of rotatable bonds is 7. The molecule has 0 N–H and O–H groups in total. The summed E-state index contributed by atoms with van der Waals surface area (Å²) < 4.78 is 40.3. The van der Waals surface area contributed by atoms with Crippen LogP contribution in [-0.2, 0) is 30.8 Å². The van der Waals surface area contributed by atoms with Crippen LogP contribution in [0.1, 0.15) is 35.3 Å². The Hall–Kier alpha value is -3.55. The minimum absolute atomic E-state index is 0.0406. The van der Waals surface area contributed by atoms with Crippen LogP contribution in [0.3, 0.4) is 0 Å². The van der Waals surface area contributed by atoms with Crippen molar-refractivity contribution in [2.75, 3.05) is 39.4 Å². The van der Waals surface area contributed by atoms with E-state index in [-0.39, 0.29) is 56.4 Å². The summed E-state index contributed by atoms with van der Waals surface area (Å²) in [5.74, 6) is -1.00. The molecule has 2 aromatic carbocycles. The molecule has 1 aliphatic rings. The summed E-state index contributed by atoms with van der Waals surface area (Å²) in [4.78, 5) is 43.5. The molecule has 4 rings (SSSR count). The summed E-state index contributed by atoms with van der Waals surface area (Å²) >= 11 is 1.29. The molecule has 2 amide bonds. The zero-order valence-electron chi connectivity index (χ0n) is 22.9. The maximum atomic E-state index is 13.2. The first kappa shape index (κ1) is 29.4. The molecule has 1 aliphatic heterocycles. The molecule has 1 fully saturated rings. The molecule has 40 heavy (non-hydrogen) atoms. The van der Waals surface area contributed by atoms with Gasteiger partial charge in [-0.25, -0.2) is 13.2 Å². The van der Waals surface area contributed by atoms with E-state index in [1.54, 1.807) is 18.4 Å². The second kappa shape index (κ2) is 12.3. The van der Waals surface area contributed by atoms with Gasteiger partial charge in [0.05, 0.1) is 28.3 Å². The largest absolute Gasteiger partial charge is 0.465 e. The highest BCUT2D eigenvalue weighted by Gasteiger charge is 2.30. The molecule has 1 saturated heterocycles. The molecular formula is C27H32N4O7S2. The van der Waals surface area contributed by atoms with Gasteiger partial charge in [-0.2, -0.15) is 9.30 Å². The fourth-order valence-corrected chi connectivity index (χ4v) is 6.82. The highest BCUT2D eigenvalue weighted by atomic mass is 32.2.